The van der Waals surface area contributed by atoms with Crippen molar-refractivity contribution in [3.63, 3.8) is 0 Å². The molecule has 4 unspecified atom stereocenters. The molecule has 0 aliphatic carbocycles. The number of methoxy groups -OCH3 is 2. The van der Waals surface area contributed by atoms with Crippen molar-refractivity contribution in [2.24, 2.45) is 11.8 Å². The van der Waals surface area contributed by atoms with Gasteiger partial charge in [-0.1, -0.05) is 36.4 Å². The van der Waals surface area contributed by atoms with Gasteiger partial charge < -0.3 is 33.9 Å². The number of benzene rings is 2. The number of carbonyl (C=O) groups is 2. The number of piperidine rings is 2. The number of ether oxygens (including phenoxy) is 2. The quantitative estimate of drug-likeness (QED) is 0.0855. The van der Waals surface area contributed by atoms with Crippen LogP contribution in [0.4, 0.5) is 0 Å². The van der Waals surface area contributed by atoms with Gasteiger partial charge in [0.05, 0.1) is 31.6 Å². The lowest BCUT2D eigenvalue weighted by Crippen LogP contribution is -2.41. The number of rotatable bonds is 15. The summed E-state index contributed by atoms with van der Waals surface area (Å²) in [6, 6.07) is 19.9. The summed E-state index contributed by atoms with van der Waals surface area (Å²) >= 11 is 0. The number of nitrogens with zero attached hydrogens (tertiary/aromatic N) is 3. The van der Waals surface area contributed by atoms with Crippen LogP contribution >= 0.6 is 0 Å². The fraction of sp³-hybridized carbons (Fsp3) is 0.472. The largest absolute Gasteiger partial charge is 0.496 e. The van der Waals surface area contributed by atoms with E-state index in [1.807, 2.05) is 56.3 Å². The van der Waals surface area contributed by atoms with Crippen LogP contribution in [0, 0.1) is 39.5 Å². The molecular formula is C53H68N6O8S. The van der Waals surface area contributed by atoms with Crippen LogP contribution in [0.3, 0.4) is 0 Å². The van der Waals surface area contributed by atoms with Gasteiger partial charge in [-0.25, -0.2) is 12.7 Å². The van der Waals surface area contributed by atoms with E-state index in [9.17, 15) is 27.6 Å². The molecule has 4 atom stereocenters. The molecule has 0 amide bonds. The molecule has 3 N–H and O–H groups in total. The predicted octanol–water partition coefficient (Wildman–Crippen LogP) is 8.33. The minimum Gasteiger partial charge on any atom is -0.496 e. The minimum absolute atomic E-state index is 0.0148. The van der Waals surface area contributed by atoms with Crippen LogP contribution in [-0.4, -0.2) is 90.0 Å². The third-order valence-electron chi connectivity index (χ3n) is 14.4. The number of ketones is 2. The first-order chi connectivity index (χ1) is 32.4. The monoisotopic (exact) mass is 948 g/mol. The summed E-state index contributed by atoms with van der Waals surface area (Å²) in [5.74, 6) is 1.74. The smallest absolute Gasteiger partial charge is 0.255 e. The van der Waals surface area contributed by atoms with Gasteiger partial charge in [0.1, 0.15) is 11.5 Å². The third kappa shape index (κ3) is 10.4. The van der Waals surface area contributed by atoms with Gasteiger partial charge in [-0.15, -0.1) is 0 Å². The van der Waals surface area contributed by atoms with E-state index in [2.05, 4.69) is 51.3 Å². The average molecular weight is 949 g/mol. The van der Waals surface area contributed by atoms with Gasteiger partial charge >= 0.3 is 0 Å². The summed E-state index contributed by atoms with van der Waals surface area (Å²) in [6.45, 7) is 15.1. The number of sulfonamides is 1. The minimum atomic E-state index is -3.25. The molecule has 15 heteroatoms. The van der Waals surface area contributed by atoms with Crippen molar-refractivity contribution in [1.82, 2.24) is 28.7 Å². The van der Waals surface area contributed by atoms with Crippen LogP contribution in [0.5, 0.6) is 11.5 Å². The highest BCUT2D eigenvalue weighted by molar-refractivity contribution is 7.88. The zero-order valence-corrected chi connectivity index (χ0v) is 41.9. The van der Waals surface area contributed by atoms with Crippen molar-refractivity contribution in [3.05, 3.63) is 126 Å². The van der Waals surface area contributed by atoms with Crippen molar-refractivity contribution >= 4 is 43.4 Å². The summed E-state index contributed by atoms with van der Waals surface area (Å²) in [5.41, 5.74) is 7.41. The second kappa shape index (κ2) is 21.3. The Labute approximate surface area is 399 Å². The van der Waals surface area contributed by atoms with Crippen LogP contribution < -0.4 is 25.9 Å². The number of H-pyrrole nitrogens is 2. The van der Waals surface area contributed by atoms with Crippen molar-refractivity contribution < 1.29 is 27.5 Å². The van der Waals surface area contributed by atoms with E-state index >= 15 is 0 Å². The average Bonchev–Trinajstić information content (AvgIpc) is 3.79. The van der Waals surface area contributed by atoms with Crippen LogP contribution in [0.1, 0.15) is 119 Å². The number of pyridine rings is 2. The Morgan fingerprint density at radius 2 is 1.16 bits per heavy atom. The zero-order chi connectivity index (χ0) is 49.0. The summed E-state index contributed by atoms with van der Waals surface area (Å²) in [7, 11) is -0.172. The third-order valence-corrected chi connectivity index (χ3v) is 15.6. The number of fused-ring (bicyclic) bond motifs is 2. The van der Waals surface area contributed by atoms with E-state index < -0.39 is 10.0 Å². The molecule has 2 saturated heterocycles. The fourth-order valence-electron chi connectivity index (χ4n) is 10.9. The summed E-state index contributed by atoms with van der Waals surface area (Å²) in [5, 5.41) is 5.39. The normalized spacial score (nSPS) is 17.7. The van der Waals surface area contributed by atoms with Gasteiger partial charge in [-0.05, 0) is 129 Å². The lowest BCUT2D eigenvalue weighted by atomic mass is 9.92. The van der Waals surface area contributed by atoms with Crippen molar-refractivity contribution in [3.8, 4) is 11.5 Å². The Kier molecular flexibility index (Phi) is 15.7. The maximum atomic E-state index is 13.6. The fourth-order valence-corrected chi connectivity index (χ4v) is 11.8. The predicted molar refractivity (Wildman–Crippen MR) is 270 cm³/mol. The molecule has 6 heterocycles. The van der Waals surface area contributed by atoms with Gasteiger partial charge in [0.2, 0.25) is 10.0 Å². The summed E-state index contributed by atoms with van der Waals surface area (Å²) < 4.78 is 41.3. The van der Waals surface area contributed by atoms with Crippen LogP contribution in [0.25, 0.3) is 21.8 Å². The van der Waals surface area contributed by atoms with Crippen LogP contribution in [0.2, 0.25) is 0 Å². The van der Waals surface area contributed by atoms with Crippen molar-refractivity contribution in [2.75, 3.05) is 46.7 Å². The molecule has 2 aromatic carbocycles. The lowest BCUT2D eigenvalue weighted by Gasteiger charge is -2.35. The summed E-state index contributed by atoms with van der Waals surface area (Å²) in [4.78, 5) is 57.6. The van der Waals surface area contributed by atoms with E-state index in [1.54, 1.807) is 30.5 Å². The molecule has 2 aliphatic rings. The van der Waals surface area contributed by atoms with Crippen LogP contribution in [-0.2, 0) is 22.9 Å². The Hall–Kier alpha value is -5.77. The molecule has 0 bridgehead atoms. The topological polar surface area (TPSA) is 178 Å². The Bertz CT molecular complexity index is 3050. The number of hydrogen-bond acceptors (Lipinski definition) is 9. The number of hydrogen-bond donors (Lipinski definition) is 3. The molecule has 0 spiro atoms. The van der Waals surface area contributed by atoms with E-state index in [0.29, 0.717) is 65.4 Å². The highest BCUT2D eigenvalue weighted by Gasteiger charge is 2.33. The molecule has 4 aromatic heterocycles. The highest BCUT2D eigenvalue weighted by Crippen LogP contribution is 2.37. The Balaban J connectivity index is 0.000000203. The van der Waals surface area contributed by atoms with Gasteiger partial charge in [0, 0.05) is 93.7 Å². The Morgan fingerprint density at radius 1 is 0.706 bits per heavy atom. The first kappa shape index (κ1) is 50.1. The number of Topliss-reactive ketones (excluding diaryl/α,β-unsaturated/α-hetero) is 2. The Morgan fingerprint density at radius 3 is 1.60 bits per heavy atom. The van der Waals surface area contributed by atoms with Crippen molar-refractivity contribution in [1.29, 1.82) is 0 Å². The van der Waals surface area contributed by atoms with E-state index in [1.165, 1.54) is 26.2 Å². The molecule has 0 saturated carbocycles. The summed E-state index contributed by atoms with van der Waals surface area (Å²) in [6.07, 6.45) is 6.45. The molecule has 8 rings (SSSR count). The second-order valence-corrected chi connectivity index (χ2v) is 20.8. The first-order valence-electron chi connectivity index (χ1n) is 23.9. The molecular weight excluding hydrogens is 881 g/mol. The van der Waals surface area contributed by atoms with E-state index in [0.717, 1.165) is 70.4 Å². The molecule has 0 radical (unpaired) electrons. The maximum absolute atomic E-state index is 13.6. The van der Waals surface area contributed by atoms with Crippen LogP contribution in [0.15, 0.2) is 70.3 Å². The molecule has 6 aromatic rings. The van der Waals surface area contributed by atoms with Gasteiger partial charge in [0.15, 0.2) is 11.6 Å². The van der Waals surface area contributed by atoms with Gasteiger partial charge in [-0.3, -0.25) is 19.2 Å². The molecule has 2 aliphatic heterocycles. The molecule has 14 nitrogen and oxygen atoms in total. The highest BCUT2D eigenvalue weighted by atomic mass is 32.2. The van der Waals surface area contributed by atoms with Gasteiger partial charge in [0.25, 0.3) is 11.1 Å². The number of aryl methyl sites for hydroxylation is 2. The van der Waals surface area contributed by atoms with Gasteiger partial charge in [-0.2, -0.15) is 0 Å². The number of para-hydroxylation sites is 2. The lowest BCUT2D eigenvalue weighted by molar-refractivity contribution is 0.0975. The first-order valence-corrected chi connectivity index (χ1v) is 25.7. The zero-order valence-electron chi connectivity index (χ0n) is 41.1. The second-order valence-electron chi connectivity index (χ2n) is 18.8. The maximum Gasteiger partial charge on any atom is 0.255 e. The number of nitrogens with one attached hydrogen (secondary N) is 3. The number of carbonyl (C=O) groups excluding carboxylic acids is 2. The molecule has 2 fully saturated rings. The van der Waals surface area contributed by atoms with Crippen molar-refractivity contribution in [2.45, 2.75) is 105 Å². The van der Waals surface area contributed by atoms with E-state index in [-0.39, 0.29) is 53.9 Å². The molecule has 364 valence electrons. The van der Waals surface area contributed by atoms with E-state index in [4.69, 9.17) is 9.47 Å². The number of aromatic nitrogens is 4. The molecule has 68 heavy (non-hydrogen) atoms. The SMILES string of the molecule is COc1cc(C)[nH]c(=O)c1CCC(=O)c1c(C)n(C(C)C2CCCN(S(C)(=O)=O)C2)c2ccccc12.COc1cc(C)[nH]c(=O)c1CCC(=O)c1c(C)n(C(C)C2CCCNC2)c2ccccc12. The number of aromatic amines is 2. The standard InChI is InChI=1S/C27H35N3O5S.C26H33N3O3/c1-17-15-25(35-4)22(27(32)28-17)12-13-24(31)26-19(3)30(23-11-7-6-10-21(23)26)18(2)20-9-8-14-29(16-20)36(5,33)34;1-16-14-24(32-4)21(26(31)28-16)11-12-23(30)25-18(3)29(22-10-6-5-9-20(22)25)17(2)19-8-7-13-27-15-19/h6-7,10-11,15,18,20H,8-9,12-14,16H2,1-5H3,(H,28,32);5-6,9-10,14,17,19,27H,7-8,11-13,15H2,1-4H3,(H,28,31).